The van der Waals surface area contributed by atoms with Gasteiger partial charge in [0.25, 0.3) is 10.0 Å². The van der Waals surface area contributed by atoms with E-state index in [-0.39, 0.29) is 38.0 Å². The van der Waals surface area contributed by atoms with Crippen molar-refractivity contribution in [3.05, 3.63) is 68.8 Å². The van der Waals surface area contributed by atoms with Crippen LogP contribution in [0, 0.1) is 0 Å². The summed E-state index contributed by atoms with van der Waals surface area (Å²) in [6, 6.07) is 10.2. The number of halogens is 3. The summed E-state index contributed by atoms with van der Waals surface area (Å²) in [5.41, 5.74) is -1.26. The molecular weight excluding hydrogens is 537 g/mol. The molecule has 186 valence electrons. The van der Waals surface area contributed by atoms with Gasteiger partial charge in [-0.3, -0.25) is 0 Å². The van der Waals surface area contributed by atoms with Gasteiger partial charge in [0.15, 0.2) is 5.69 Å². The number of esters is 2. The van der Waals surface area contributed by atoms with Gasteiger partial charge >= 0.3 is 11.9 Å². The Morgan fingerprint density at radius 3 is 2.29 bits per heavy atom. The van der Waals surface area contributed by atoms with Crippen molar-refractivity contribution < 1.29 is 27.5 Å². The molecule has 0 saturated heterocycles. The molecule has 0 spiro atoms. The van der Waals surface area contributed by atoms with E-state index in [2.05, 4.69) is 0 Å². The minimum Gasteiger partial charge on any atom is -0.461 e. The number of benzene rings is 2. The Morgan fingerprint density at radius 1 is 1.09 bits per heavy atom. The zero-order valence-corrected chi connectivity index (χ0v) is 22.3. The summed E-state index contributed by atoms with van der Waals surface area (Å²) in [7, 11) is -4.35. The van der Waals surface area contributed by atoms with Crippen molar-refractivity contribution in [2.45, 2.75) is 38.2 Å². The van der Waals surface area contributed by atoms with Gasteiger partial charge in [0.2, 0.25) is 0 Å². The summed E-state index contributed by atoms with van der Waals surface area (Å²) in [6.45, 7) is 6.52. The Morgan fingerprint density at radius 2 is 1.71 bits per heavy atom. The topological polar surface area (TPSA) is 91.7 Å². The van der Waals surface area contributed by atoms with Crippen LogP contribution >= 0.6 is 34.8 Å². The van der Waals surface area contributed by atoms with Crippen molar-refractivity contribution in [1.82, 2.24) is 3.97 Å². The van der Waals surface area contributed by atoms with Crippen LogP contribution in [0.3, 0.4) is 0 Å². The van der Waals surface area contributed by atoms with E-state index >= 15 is 0 Å². The summed E-state index contributed by atoms with van der Waals surface area (Å²) in [5, 5.41) is -0.0818. The van der Waals surface area contributed by atoms with Gasteiger partial charge in [-0.15, -0.1) is 0 Å². The Hall–Kier alpha value is -2.52. The highest BCUT2D eigenvalue weighted by Crippen LogP contribution is 2.39. The third-order valence-corrected chi connectivity index (χ3v) is 7.10. The van der Waals surface area contributed by atoms with Crippen LogP contribution < -0.4 is 0 Å². The highest BCUT2D eigenvalue weighted by atomic mass is 35.5. The first-order valence-electron chi connectivity index (χ1n) is 10.4. The molecule has 0 atom stereocenters. The summed E-state index contributed by atoms with van der Waals surface area (Å²) < 4.78 is 38.8. The molecule has 0 N–H and O–H groups in total. The fraction of sp³-hybridized carbons (Fsp3) is 0.250. The molecule has 0 bridgehead atoms. The van der Waals surface area contributed by atoms with Gasteiger partial charge in [0, 0.05) is 16.0 Å². The molecule has 0 aliphatic carbocycles. The Bertz CT molecular complexity index is 1440. The molecule has 0 aliphatic rings. The van der Waals surface area contributed by atoms with E-state index in [0.29, 0.717) is 0 Å². The van der Waals surface area contributed by atoms with E-state index in [1.54, 1.807) is 45.9 Å². The smallest absolute Gasteiger partial charge is 0.356 e. The molecule has 7 nitrogen and oxygen atoms in total. The van der Waals surface area contributed by atoms with Crippen molar-refractivity contribution in [3.63, 3.8) is 0 Å². The number of aromatic nitrogens is 1. The molecule has 0 saturated carbocycles. The first-order chi connectivity index (χ1) is 16.3. The SMILES string of the molecule is CCOC(=O)c1c(/C=C(\Cl)C(=O)OC(C)(C)C)c2c(Cl)cc(Cl)cc2n1S(=O)(=O)c1ccccc1. The van der Waals surface area contributed by atoms with E-state index in [1.165, 1.54) is 24.3 Å². The lowest BCUT2D eigenvalue weighted by Gasteiger charge is -2.19. The largest absolute Gasteiger partial charge is 0.461 e. The Balaban J connectivity index is 2.46. The van der Waals surface area contributed by atoms with Crippen LogP contribution in [0.4, 0.5) is 0 Å². The molecule has 1 aromatic heterocycles. The van der Waals surface area contributed by atoms with Crippen molar-refractivity contribution in [2.75, 3.05) is 6.61 Å². The van der Waals surface area contributed by atoms with Crippen molar-refractivity contribution in [3.8, 4) is 0 Å². The molecule has 1 heterocycles. The fourth-order valence-corrected chi connectivity index (χ4v) is 5.59. The molecule has 0 fully saturated rings. The van der Waals surface area contributed by atoms with Crippen molar-refractivity contribution in [1.29, 1.82) is 0 Å². The van der Waals surface area contributed by atoms with Gasteiger partial charge in [-0.25, -0.2) is 22.0 Å². The average Bonchev–Trinajstić information content (AvgIpc) is 3.08. The highest BCUT2D eigenvalue weighted by molar-refractivity contribution is 7.90. The minimum absolute atomic E-state index is 0.00862. The van der Waals surface area contributed by atoms with E-state index in [9.17, 15) is 18.0 Å². The van der Waals surface area contributed by atoms with E-state index in [0.717, 1.165) is 10.0 Å². The maximum atomic E-state index is 13.7. The Kier molecular flexibility index (Phi) is 7.91. The van der Waals surface area contributed by atoms with E-state index in [1.807, 2.05) is 0 Å². The van der Waals surface area contributed by atoms with Gasteiger partial charge in [0.1, 0.15) is 10.6 Å². The van der Waals surface area contributed by atoms with Gasteiger partial charge < -0.3 is 9.47 Å². The molecule has 3 rings (SSSR count). The van der Waals surface area contributed by atoms with Crippen LogP contribution in [0.2, 0.25) is 10.0 Å². The maximum Gasteiger partial charge on any atom is 0.356 e. The maximum absolute atomic E-state index is 13.7. The molecule has 0 radical (unpaired) electrons. The number of carbonyl (C=O) groups excluding carboxylic acids is 2. The summed E-state index contributed by atoms with van der Waals surface area (Å²) >= 11 is 18.9. The third-order valence-electron chi connectivity index (χ3n) is 4.60. The average molecular weight is 559 g/mol. The minimum atomic E-state index is -4.35. The van der Waals surface area contributed by atoms with Crippen molar-refractivity contribution >= 4 is 73.7 Å². The molecule has 3 aromatic rings. The normalized spacial score (nSPS) is 12.6. The second kappa shape index (κ2) is 10.2. The van der Waals surface area contributed by atoms with Crippen LogP contribution in [-0.2, 0) is 24.3 Å². The monoisotopic (exact) mass is 557 g/mol. The fourth-order valence-electron chi connectivity index (χ4n) is 3.33. The number of hydrogen-bond acceptors (Lipinski definition) is 6. The lowest BCUT2D eigenvalue weighted by atomic mass is 10.1. The zero-order valence-electron chi connectivity index (χ0n) is 19.3. The number of nitrogens with zero attached hydrogens (tertiary/aromatic N) is 1. The molecule has 0 amide bonds. The van der Waals surface area contributed by atoms with Crippen LogP contribution in [0.15, 0.2) is 52.4 Å². The Labute approximate surface area is 218 Å². The van der Waals surface area contributed by atoms with Crippen LogP contribution in [-0.4, -0.2) is 36.5 Å². The number of hydrogen-bond donors (Lipinski definition) is 0. The molecule has 0 aliphatic heterocycles. The molecule has 0 unspecified atom stereocenters. The molecular formula is C24H22Cl3NO6S. The second-order valence-corrected chi connectivity index (χ2v) is 11.4. The van der Waals surface area contributed by atoms with Crippen molar-refractivity contribution in [2.24, 2.45) is 0 Å². The zero-order chi connectivity index (χ0) is 26.1. The number of ether oxygens (including phenoxy) is 2. The molecule has 2 aromatic carbocycles. The number of carbonyl (C=O) groups is 2. The quantitative estimate of drug-likeness (QED) is 0.261. The van der Waals surface area contributed by atoms with Gasteiger partial charge in [0.05, 0.1) is 22.0 Å². The first kappa shape index (κ1) is 27.1. The molecule has 35 heavy (non-hydrogen) atoms. The van der Waals surface area contributed by atoms with Crippen LogP contribution in [0.25, 0.3) is 17.0 Å². The van der Waals surface area contributed by atoms with E-state index in [4.69, 9.17) is 44.3 Å². The van der Waals surface area contributed by atoms with Crippen LogP contribution in [0.5, 0.6) is 0 Å². The standard InChI is InChI=1S/C24H22Cl3NO6S/c1-5-33-23(30)21-16(13-18(27)22(29)34-24(2,3)4)20-17(26)11-14(25)12-19(20)28(21)35(31,32)15-9-7-6-8-10-15/h6-13H,5H2,1-4H3/b18-13-. The summed E-state index contributed by atoms with van der Waals surface area (Å²) in [5.74, 6) is -1.83. The van der Waals surface area contributed by atoms with Gasteiger partial charge in [-0.1, -0.05) is 53.0 Å². The lowest BCUT2D eigenvalue weighted by molar-refractivity contribution is -0.148. The predicted octanol–water partition coefficient (Wildman–Crippen LogP) is 6.28. The van der Waals surface area contributed by atoms with E-state index < -0.39 is 38.3 Å². The number of fused-ring (bicyclic) bond motifs is 1. The van der Waals surface area contributed by atoms with Gasteiger partial charge in [-0.05, 0) is 58.0 Å². The number of rotatable bonds is 6. The second-order valence-electron chi connectivity index (χ2n) is 8.34. The predicted molar refractivity (Wildman–Crippen MR) is 137 cm³/mol. The third kappa shape index (κ3) is 5.67. The summed E-state index contributed by atoms with van der Waals surface area (Å²) in [6.07, 6.45) is 1.14. The summed E-state index contributed by atoms with van der Waals surface area (Å²) in [4.78, 5) is 25.6. The molecule has 11 heteroatoms. The first-order valence-corrected chi connectivity index (χ1v) is 13.0. The van der Waals surface area contributed by atoms with Gasteiger partial charge in [-0.2, -0.15) is 0 Å². The highest BCUT2D eigenvalue weighted by Gasteiger charge is 2.33. The van der Waals surface area contributed by atoms with Crippen LogP contribution in [0.1, 0.15) is 43.7 Å². The lowest BCUT2D eigenvalue weighted by Crippen LogP contribution is -2.24.